The second-order valence-electron chi connectivity index (χ2n) is 4.16. The van der Waals surface area contributed by atoms with Gasteiger partial charge in [-0.15, -0.1) is 0 Å². The summed E-state index contributed by atoms with van der Waals surface area (Å²) in [6.07, 6.45) is 0. The van der Waals surface area contributed by atoms with Crippen molar-refractivity contribution in [1.82, 2.24) is 10.2 Å². The molecule has 0 spiro atoms. The minimum atomic E-state index is -0.324. The van der Waals surface area contributed by atoms with Crippen molar-refractivity contribution in [1.29, 1.82) is 0 Å². The van der Waals surface area contributed by atoms with E-state index in [9.17, 15) is 4.79 Å². The van der Waals surface area contributed by atoms with Gasteiger partial charge in [0.05, 0.1) is 4.47 Å². The molecule has 0 aliphatic rings. The Morgan fingerprint density at radius 2 is 2.26 bits per heavy atom. The smallest absolute Gasteiger partial charge is 0.292 e. The quantitative estimate of drug-likeness (QED) is 0.759. The number of aromatic amines is 1. The van der Waals surface area contributed by atoms with Crippen LogP contribution in [0.1, 0.15) is 16.2 Å². The molecule has 1 aromatic carbocycles. The van der Waals surface area contributed by atoms with Crippen molar-refractivity contribution in [3.8, 4) is 0 Å². The number of hydrogen-bond donors (Lipinski definition) is 2. The van der Waals surface area contributed by atoms with Gasteiger partial charge in [-0.3, -0.25) is 9.89 Å². The lowest BCUT2D eigenvalue weighted by Crippen LogP contribution is -2.10. The van der Waals surface area contributed by atoms with E-state index in [1.54, 1.807) is 12.1 Å². The van der Waals surface area contributed by atoms with Gasteiger partial charge in [0.1, 0.15) is 5.58 Å². The average molecular weight is 320 g/mol. The van der Waals surface area contributed by atoms with Gasteiger partial charge in [-0.05, 0) is 35.0 Å². The molecule has 5 nitrogen and oxygen atoms in total. The van der Waals surface area contributed by atoms with E-state index < -0.39 is 0 Å². The fourth-order valence-corrected chi connectivity index (χ4v) is 2.26. The highest BCUT2D eigenvalue weighted by Gasteiger charge is 2.14. The maximum absolute atomic E-state index is 12.0. The van der Waals surface area contributed by atoms with Crippen molar-refractivity contribution >= 4 is 38.6 Å². The van der Waals surface area contributed by atoms with Crippen LogP contribution in [-0.2, 0) is 0 Å². The zero-order chi connectivity index (χ0) is 13.4. The summed E-state index contributed by atoms with van der Waals surface area (Å²) in [5.74, 6) is 0.402. The summed E-state index contributed by atoms with van der Waals surface area (Å²) in [6.45, 7) is 1.86. The summed E-state index contributed by atoms with van der Waals surface area (Å²) >= 11 is 3.39. The highest BCUT2D eigenvalue weighted by molar-refractivity contribution is 9.10. The number of furan rings is 1. The molecular weight excluding hydrogens is 310 g/mol. The largest absolute Gasteiger partial charge is 0.450 e. The molecule has 19 heavy (non-hydrogen) atoms. The van der Waals surface area contributed by atoms with Gasteiger partial charge in [0.25, 0.3) is 5.91 Å². The Morgan fingerprint density at radius 3 is 2.95 bits per heavy atom. The van der Waals surface area contributed by atoms with E-state index in [-0.39, 0.29) is 11.7 Å². The van der Waals surface area contributed by atoms with Gasteiger partial charge >= 0.3 is 0 Å². The second kappa shape index (κ2) is 4.55. The molecule has 0 saturated heterocycles. The third kappa shape index (κ3) is 2.26. The molecule has 1 amide bonds. The van der Waals surface area contributed by atoms with E-state index in [0.717, 1.165) is 15.6 Å². The van der Waals surface area contributed by atoms with E-state index in [0.29, 0.717) is 11.4 Å². The van der Waals surface area contributed by atoms with Crippen molar-refractivity contribution in [2.24, 2.45) is 0 Å². The number of amides is 1. The number of nitrogens with zero attached hydrogens (tertiary/aromatic N) is 1. The number of anilines is 1. The summed E-state index contributed by atoms with van der Waals surface area (Å²) in [5, 5.41) is 10.2. The maximum atomic E-state index is 12.0. The van der Waals surface area contributed by atoms with Gasteiger partial charge < -0.3 is 9.73 Å². The summed E-state index contributed by atoms with van der Waals surface area (Å²) < 4.78 is 6.36. The first kappa shape index (κ1) is 12.0. The third-order valence-corrected chi connectivity index (χ3v) is 3.29. The number of carbonyl (C=O) groups excluding carboxylic acids is 1. The number of aromatic nitrogens is 2. The van der Waals surface area contributed by atoms with Crippen LogP contribution < -0.4 is 5.32 Å². The van der Waals surface area contributed by atoms with E-state index in [2.05, 4.69) is 31.4 Å². The predicted molar refractivity (Wildman–Crippen MR) is 75.2 cm³/mol. The maximum Gasteiger partial charge on any atom is 0.292 e. The van der Waals surface area contributed by atoms with Crippen LogP contribution in [0.25, 0.3) is 11.0 Å². The Labute approximate surface area is 117 Å². The number of carbonyl (C=O) groups is 1. The number of fused-ring (bicyclic) bond motifs is 1. The van der Waals surface area contributed by atoms with Gasteiger partial charge in [-0.2, -0.15) is 5.10 Å². The molecule has 2 aromatic heterocycles. The number of hydrogen-bond acceptors (Lipinski definition) is 3. The number of benzene rings is 1. The molecule has 0 radical (unpaired) electrons. The van der Waals surface area contributed by atoms with Gasteiger partial charge in [0.2, 0.25) is 0 Å². The molecular formula is C13H10BrN3O2. The van der Waals surface area contributed by atoms with Crippen LogP contribution in [0.2, 0.25) is 0 Å². The van der Waals surface area contributed by atoms with Crippen LogP contribution in [0.3, 0.4) is 0 Å². The highest BCUT2D eigenvalue weighted by Crippen LogP contribution is 2.27. The number of H-pyrrole nitrogens is 1. The molecule has 3 rings (SSSR count). The van der Waals surface area contributed by atoms with Crippen molar-refractivity contribution < 1.29 is 9.21 Å². The molecule has 2 N–H and O–H groups in total. The Bertz CT molecular complexity index is 760. The van der Waals surface area contributed by atoms with Crippen LogP contribution in [0.4, 0.5) is 5.82 Å². The van der Waals surface area contributed by atoms with Crippen LogP contribution in [-0.4, -0.2) is 16.1 Å². The van der Waals surface area contributed by atoms with Crippen molar-refractivity contribution in [2.75, 3.05) is 5.32 Å². The first-order chi connectivity index (χ1) is 9.13. The SMILES string of the molecule is Cc1cc(NC(=O)c2cc3cccc(Br)c3o2)n[nH]1. The molecule has 0 unspecified atom stereocenters. The number of rotatable bonds is 2. The van der Waals surface area contributed by atoms with E-state index in [1.807, 2.05) is 25.1 Å². The standard InChI is InChI=1S/C13H10BrN3O2/c1-7-5-11(17-16-7)15-13(18)10-6-8-3-2-4-9(14)12(8)19-10/h2-6H,1H3,(H2,15,16,17,18). The molecule has 3 aromatic rings. The number of aryl methyl sites for hydroxylation is 1. The number of para-hydroxylation sites is 1. The summed E-state index contributed by atoms with van der Waals surface area (Å²) in [6, 6.07) is 9.09. The van der Waals surface area contributed by atoms with Gasteiger partial charge in [0.15, 0.2) is 11.6 Å². The molecule has 6 heteroatoms. The Morgan fingerprint density at radius 1 is 1.42 bits per heavy atom. The third-order valence-electron chi connectivity index (χ3n) is 2.67. The highest BCUT2D eigenvalue weighted by atomic mass is 79.9. The molecule has 0 atom stereocenters. The van der Waals surface area contributed by atoms with Crippen LogP contribution >= 0.6 is 15.9 Å². The lowest BCUT2D eigenvalue weighted by Gasteiger charge is -1.96. The Kier molecular flexibility index (Phi) is 2.87. The van der Waals surface area contributed by atoms with E-state index in [1.165, 1.54) is 0 Å². The topological polar surface area (TPSA) is 70.9 Å². The molecule has 0 aliphatic carbocycles. The first-order valence-electron chi connectivity index (χ1n) is 5.65. The molecule has 96 valence electrons. The Balaban J connectivity index is 1.91. The van der Waals surface area contributed by atoms with Crippen molar-refractivity contribution in [3.63, 3.8) is 0 Å². The monoisotopic (exact) mass is 319 g/mol. The van der Waals surface area contributed by atoms with E-state index >= 15 is 0 Å². The van der Waals surface area contributed by atoms with Crippen molar-refractivity contribution in [2.45, 2.75) is 6.92 Å². The molecule has 0 saturated carbocycles. The fourth-order valence-electron chi connectivity index (χ4n) is 1.80. The van der Waals surface area contributed by atoms with Gasteiger partial charge in [-0.25, -0.2) is 0 Å². The average Bonchev–Trinajstić information content (AvgIpc) is 2.96. The summed E-state index contributed by atoms with van der Waals surface area (Å²) in [7, 11) is 0. The molecule has 0 fully saturated rings. The Hall–Kier alpha value is -2.08. The lowest BCUT2D eigenvalue weighted by molar-refractivity contribution is 0.0998. The number of halogens is 1. The summed E-state index contributed by atoms with van der Waals surface area (Å²) in [5.41, 5.74) is 1.54. The van der Waals surface area contributed by atoms with Gasteiger partial charge in [0, 0.05) is 17.1 Å². The van der Waals surface area contributed by atoms with Crippen LogP contribution in [0.5, 0.6) is 0 Å². The minimum absolute atomic E-state index is 0.252. The summed E-state index contributed by atoms with van der Waals surface area (Å²) in [4.78, 5) is 12.0. The van der Waals surface area contributed by atoms with Crippen LogP contribution in [0, 0.1) is 6.92 Å². The molecule has 0 bridgehead atoms. The van der Waals surface area contributed by atoms with Crippen LogP contribution in [0.15, 0.2) is 39.2 Å². The normalized spacial score (nSPS) is 10.8. The minimum Gasteiger partial charge on any atom is -0.450 e. The zero-order valence-corrected chi connectivity index (χ0v) is 11.6. The first-order valence-corrected chi connectivity index (χ1v) is 6.44. The second-order valence-corrected chi connectivity index (χ2v) is 5.01. The zero-order valence-electron chi connectivity index (χ0n) is 10.0. The van der Waals surface area contributed by atoms with Gasteiger partial charge in [-0.1, -0.05) is 12.1 Å². The molecule has 2 heterocycles. The molecule has 0 aliphatic heterocycles. The van der Waals surface area contributed by atoms with E-state index in [4.69, 9.17) is 4.42 Å². The fraction of sp³-hybridized carbons (Fsp3) is 0.0769. The van der Waals surface area contributed by atoms with Crippen molar-refractivity contribution in [3.05, 3.63) is 46.3 Å². The lowest BCUT2D eigenvalue weighted by atomic mass is 10.2. The predicted octanol–water partition coefficient (Wildman–Crippen LogP) is 3.48. The number of nitrogens with one attached hydrogen (secondary N) is 2.